The van der Waals surface area contributed by atoms with Crippen molar-refractivity contribution in [1.82, 2.24) is 15.5 Å². The summed E-state index contributed by atoms with van der Waals surface area (Å²) in [5.74, 6) is 0.941. The fraction of sp³-hybridized carbons (Fsp3) is 0.917. The lowest BCUT2D eigenvalue weighted by Gasteiger charge is -2.20. The van der Waals surface area contributed by atoms with E-state index in [9.17, 15) is 4.79 Å². The zero-order chi connectivity index (χ0) is 11.4. The maximum Gasteiger partial charge on any atom is 0.234 e. The summed E-state index contributed by atoms with van der Waals surface area (Å²) in [6.45, 7) is 6.81. The second-order valence-corrected chi connectivity index (χ2v) is 5.07. The predicted molar refractivity (Wildman–Crippen MR) is 64.3 cm³/mol. The molecule has 92 valence electrons. The van der Waals surface area contributed by atoms with Crippen LogP contribution in [0.5, 0.6) is 0 Å². The molecular weight excluding hydrogens is 202 g/mol. The Morgan fingerprint density at radius 2 is 2.25 bits per heavy atom. The van der Waals surface area contributed by atoms with Gasteiger partial charge in [-0.3, -0.25) is 9.69 Å². The van der Waals surface area contributed by atoms with E-state index in [-0.39, 0.29) is 5.91 Å². The Labute approximate surface area is 97.8 Å². The van der Waals surface area contributed by atoms with Gasteiger partial charge in [0.05, 0.1) is 6.54 Å². The minimum atomic E-state index is 0.196. The lowest BCUT2D eigenvalue weighted by molar-refractivity contribution is -0.122. The fourth-order valence-electron chi connectivity index (χ4n) is 2.28. The van der Waals surface area contributed by atoms with Gasteiger partial charge in [0.25, 0.3) is 0 Å². The average molecular weight is 225 g/mol. The monoisotopic (exact) mass is 225 g/mol. The van der Waals surface area contributed by atoms with E-state index in [0.717, 1.165) is 38.5 Å². The third kappa shape index (κ3) is 3.76. The van der Waals surface area contributed by atoms with Crippen LogP contribution < -0.4 is 10.6 Å². The molecule has 0 aromatic heterocycles. The van der Waals surface area contributed by atoms with Gasteiger partial charge >= 0.3 is 0 Å². The van der Waals surface area contributed by atoms with Crippen LogP contribution in [-0.2, 0) is 4.79 Å². The Hall–Kier alpha value is -0.610. The molecule has 1 amide bonds. The van der Waals surface area contributed by atoms with E-state index in [1.807, 2.05) is 0 Å². The molecule has 1 saturated carbocycles. The zero-order valence-electron chi connectivity index (χ0n) is 10.2. The molecule has 2 fully saturated rings. The van der Waals surface area contributed by atoms with E-state index in [1.54, 1.807) is 0 Å². The predicted octanol–water partition coefficient (Wildman–Crippen LogP) is 0.196. The molecule has 2 aliphatic rings. The molecule has 4 heteroatoms. The molecule has 1 unspecified atom stereocenters. The Morgan fingerprint density at radius 1 is 1.44 bits per heavy atom. The number of hydrogen-bond donors (Lipinski definition) is 2. The maximum absolute atomic E-state index is 11.8. The molecule has 0 aromatic rings. The summed E-state index contributed by atoms with van der Waals surface area (Å²) in [4.78, 5) is 14.0. The van der Waals surface area contributed by atoms with Gasteiger partial charge in [-0.25, -0.2) is 0 Å². The van der Waals surface area contributed by atoms with Crippen molar-refractivity contribution < 1.29 is 4.79 Å². The molecule has 0 bridgehead atoms. The van der Waals surface area contributed by atoms with Gasteiger partial charge in [-0.1, -0.05) is 0 Å². The van der Waals surface area contributed by atoms with E-state index < -0.39 is 0 Å². The molecule has 1 saturated heterocycles. The molecule has 1 heterocycles. The minimum absolute atomic E-state index is 0.196. The van der Waals surface area contributed by atoms with Gasteiger partial charge in [0.2, 0.25) is 5.91 Å². The molecule has 0 spiro atoms. The van der Waals surface area contributed by atoms with Crippen LogP contribution in [0.15, 0.2) is 0 Å². The second kappa shape index (κ2) is 5.64. The van der Waals surface area contributed by atoms with Gasteiger partial charge in [0, 0.05) is 19.1 Å². The van der Waals surface area contributed by atoms with E-state index in [2.05, 4.69) is 22.5 Å². The number of nitrogens with one attached hydrogen (secondary N) is 2. The SMILES string of the molecule is CC(NC(=O)CN1CCCNCC1)C1CC1. The Bertz CT molecular complexity index is 232. The number of carbonyl (C=O) groups excluding carboxylic acids is 1. The average Bonchev–Trinajstić information content (AvgIpc) is 3.05. The zero-order valence-corrected chi connectivity index (χ0v) is 10.2. The fourth-order valence-corrected chi connectivity index (χ4v) is 2.28. The van der Waals surface area contributed by atoms with Gasteiger partial charge in [-0.05, 0) is 45.2 Å². The van der Waals surface area contributed by atoms with Gasteiger partial charge in [-0.2, -0.15) is 0 Å². The summed E-state index contributed by atoms with van der Waals surface area (Å²) in [7, 11) is 0. The molecule has 2 N–H and O–H groups in total. The standard InChI is InChI=1S/C12H23N3O/c1-10(11-3-4-11)14-12(16)9-15-7-2-5-13-6-8-15/h10-11,13H,2-9H2,1H3,(H,14,16). The van der Waals surface area contributed by atoms with Gasteiger partial charge in [-0.15, -0.1) is 0 Å². The summed E-state index contributed by atoms with van der Waals surface area (Å²) in [6, 6.07) is 0.373. The normalized spacial score (nSPS) is 24.8. The van der Waals surface area contributed by atoms with Crippen LogP contribution in [0.4, 0.5) is 0 Å². The first kappa shape index (κ1) is 11.9. The van der Waals surface area contributed by atoms with E-state index >= 15 is 0 Å². The van der Waals surface area contributed by atoms with Crippen molar-refractivity contribution in [2.75, 3.05) is 32.7 Å². The quantitative estimate of drug-likeness (QED) is 0.718. The highest BCUT2D eigenvalue weighted by Crippen LogP contribution is 2.32. The highest BCUT2D eigenvalue weighted by Gasteiger charge is 2.29. The van der Waals surface area contributed by atoms with Crippen LogP contribution in [0.3, 0.4) is 0 Å². The highest BCUT2D eigenvalue weighted by molar-refractivity contribution is 5.78. The van der Waals surface area contributed by atoms with Crippen LogP contribution in [0.1, 0.15) is 26.2 Å². The van der Waals surface area contributed by atoms with Crippen molar-refractivity contribution in [3.8, 4) is 0 Å². The van der Waals surface area contributed by atoms with Crippen molar-refractivity contribution in [1.29, 1.82) is 0 Å². The van der Waals surface area contributed by atoms with Crippen molar-refractivity contribution in [2.24, 2.45) is 5.92 Å². The molecule has 4 nitrogen and oxygen atoms in total. The van der Waals surface area contributed by atoms with Crippen LogP contribution >= 0.6 is 0 Å². The Kier molecular flexibility index (Phi) is 4.18. The summed E-state index contributed by atoms with van der Waals surface area (Å²) >= 11 is 0. The summed E-state index contributed by atoms with van der Waals surface area (Å²) < 4.78 is 0. The number of amides is 1. The molecule has 0 radical (unpaired) electrons. The third-order valence-corrected chi connectivity index (χ3v) is 3.52. The van der Waals surface area contributed by atoms with Crippen molar-refractivity contribution >= 4 is 5.91 Å². The van der Waals surface area contributed by atoms with Crippen molar-refractivity contribution in [2.45, 2.75) is 32.2 Å². The molecule has 1 atom stereocenters. The molecule has 16 heavy (non-hydrogen) atoms. The minimum Gasteiger partial charge on any atom is -0.352 e. The topological polar surface area (TPSA) is 44.4 Å². The van der Waals surface area contributed by atoms with Crippen molar-refractivity contribution in [3.63, 3.8) is 0 Å². The first-order chi connectivity index (χ1) is 7.75. The van der Waals surface area contributed by atoms with E-state index in [0.29, 0.717) is 12.6 Å². The Balaban J connectivity index is 1.68. The lowest BCUT2D eigenvalue weighted by atomic mass is 10.2. The van der Waals surface area contributed by atoms with Crippen LogP contribution in [0, 0.1) is 5.92 Å². The maximum atomic E-state index is 11.8. The molecule has 1 aliphatic carbocycles. The summed E-state index contributed by atoms with van der Waals surface area (Å²) in [5.41, 5.74) is 0. The van der Waals surface area contributed by atoms with Gasteiger partial charge in [0.15, 0.2) is 0 Å². The second-order valence-electron chi connectivity index (χ2n) is 5.07. The number of rotatable bonds is 4. The van der Waals surface area contributed by atoms with Crippen LogP contribution in [0.25, 0.3) is 0 Å². The molecule has 1 aliphatic heterocycles. The number of nitrogens with zero attached hydrogens (tertiary/aromatic N) is 1. The van der Waals surface area contributed by atoms with E-state index in [4.69, 9.17) is 0 Å². The Morgan fingerprint density at radius 3 is 3.00 bits per heavy atom. The number of hydrogen-bond acceptors (Lipinski definition) is 3. The first-order valence-corrected chi connectivity index (χ1v) is 6.48. The number of carbonyl (C=O) groups is 1. The lowest BCUT2D eigenvalue weighted by Crippen LogP contribution is -2.42. The van der Waals surface area contributed by atoms with Crippen LogP contribution in [0.2, 0.25) is 0 Å². The summed E-state index contributed by atoms with van der Waals surface area (Å²) in [5, 5.41) is 6.45. The molecular formula is C12H23N3O. The first-order valence-electron chi connectivity index (χ1n) is 6.48. The van der Waals surface area contributed by atoms with E-state index in [1.165, 1.54) is 12.8 Å². The van der Waals surface area contributed by atoms with Gasteiger partial charge in [0.1, 0.15) is 0 Å². The van der Waals surface area contributed by atoms with Gasteiger partial charge < -0.3 is 10.6 Å². The largest absolute Gasteiger partial charge is 0.352 e. The van der Waals surface area contributed by atoms with Crippen LogP contribution in [-0.4, -0.2) is 49.6 Å². The molecule has 0 aromatic carbocycles. The van der Waals surface area contributed by atoms with Crippen molar-refractivity contribution in [3.05, 3.63) is 0 Å². The summed E-state index contributed by atoms with van der Waals surface area (Å²) in [6.07, 6.45) is 3.72. The third-order valence-electron chi connectivity index (χ3n) is 3.52. The molecule has 2 rings (SSSR count). The highest BCUT2D eigenvalue weighted by atomic mass is 16.2. The smallest absolute Gasteiger partial charge is 0.234 e.